The van der Waals surface area contributed by atoms with Crippen molar-refractivity contribution in [1.82, 2.24) is 5.32 Å². The first-order chi connectivity index (χ1) is 12.5. The maximum absolute atomic E-state index is 13.0. The standard InChI is InChI=1S/C19H15ClN2O3S/c1-2-25-14-8-5-7-13(11-14)22-18(24)15(17(23)21-19(22)26)10-12-6-3-4-9-16(12)20/h3-11H,2H2,1H3,(H,21,23,26)/b15-10+. The van der Waals surface area contributed by atoms with E-state index in [2.05, 4.69) is 5.32 Å². The summed E-state index contributed by atoms with van der Waals surface area (Å²) in [6.45, 7) is 2.37. The summed E-state index contributed by atoms with van der Waals surface area (Å²) >= 11 is 11.3. The summed E-state index contributed by atoms with van der Waals surface area (Å²) in [4.78, 5) is 26.5. The topological polar surface area (TPSA) is 58.6 Å². The number of benzene rings is 2. The van der Waals surface area contributed by atoms with Crippen LogP contribution in [-0.2, 0) is 9.59 Å². The van der Waals surface area contributed by atoms with E-state index in [0.29, 0.717) is 28.6 Å². The molecule has 1 aliphatic rings. The maximum atomic E-state index is 13.0. The zero-order valence-corrected chi connectivity index (χ0v) is 15.4. The summed E-state index contributed by atoms with van der Waals surface area (Å²) in [6.07, 6.45) is 1.46. The fraction of sp³-hybridized carbons (Fsp3) is 0.105. The van der Waals surface area contributed by atoms with Crippen LogP contribution in [0.1, 0.15) is 12.5 Å². The van der Waals surface area contributed by atoms with Gasteiger partial charge in [0.15, 0.2) is 5.11 Å². The number of hydrogen-bond acceptors (Lipinski definition) is 4. The second kappa shape index (κ2) is 7.68. The van der Waals surface area contributed by atoms with Crippen LogP contribution in [-0.4, -0.2) is 23.5 Å². The zero-order valence-electron chi connectivity index (χ0n) is 13.9. The predicted octanol–water partition coefficient (Wildman–Crippen LogP) is 3.57. The van der Waals surface area contributed by atoms with Crippen LogP contribution in [0.15, 0.2) is 54.1 Å². The van der Waals surface area contributed by atoms with Gasteiger partial charge in [-0.25, -0.2) is 0 Å². The average molecular weight is 387 g/mol. The number of nitrogens with one attached hydrogen (secondary N) is 1. The first-order valence-corrected chi connectivity index (χ1v) is 8.68. The summed E-state index contributed by atoms with van der Waals surface area (Å²) < 4.78 is 5.47. The Hall–Kier alpha value is -2.70. The molecule has 2 aromatic rings. The Bertz CT molecular complexity index is 927. The molecule has 0 spiro atoms. The Kier molecular flexibility index (Phi) is 5.35. The van der Waals surface area contributed by atoms with Crippen molar-refractivity contribution in [3.05, 3.63) is 64.7 Å². The van der Waals surface area contributed by atoms with E-state index in [1.54, 1.807) is 48.5 Å². The number of carbonyl (C=O) groups excluding carboxylic acids is 2. The monoisotopic (exact) mass is 386 g/mol. The van der Waals surface area contributed by atoms with Gasteiger partial charge in [-0.15, -0.1) is 0 Å². The molecule has 0 saturated carbocycles. The number of ether oxygens (including phenoxy) is 1. The van der Waals surface area contributed by atoms with Gasteiger partial charge in [0.1, 0.15) is 11.3 Å². The number of halogens is 1. The van der Waals surface area contributed by atoms with Crippen molar-refractivity contribution < 1.29 is 14.3 Å². The zero-order chi connectivity index (χ0) is 18.7. The molecule has 0 atom stereocenters. The molecule has 1 saturated heterocycles. The lowest BCUT2D eigenvalue weighted by atomic mass is 10.1. The molecule has 132 valence electrons. The third kappa shape index (κ3) is 3.61. The van der Waals surface area contributed by atoms with Crippen LogP contribution < -0.4 is 15.0 Å². The first kappa shape index (κ1) is 18.1. The lowest BCUT2D eigenvalue weighted by Crippen LogP contribution is -2.54. The molecule has 0 bridgehead atoms. The highest BCUT2D eigenvalue weighted by Crippen LogP contribution is 2.26. The van der Waals surface area contributed by atoms with Crippen LogP contribution in [0, 0.1) is 0 Å². The third-order valence-electron chi connectivity index (χ3n) is 3.69. The number of amides is 2. The molecular formula is C19H15ClN2O3S. The van der Waals surface area contributed by atoms with E-state index in [-0.39, 0.29) is 10.7 Å². The molecule has 0 unspecified atom stereocenters. The van der Waals surface area contributed by atoms with Crippen LogP contribution in [0.2, 0.25) is 5.02 Å². The van der Waals surface area contributed by atoms with Gasteiger partial charge in [-0.1, -0.05) is 35.9 Å². The number of thiocarbonyl (C=S) groups is 1. The van der Waals surface area contributed by atoms with Gasteiger partial charge in [-0.05, 0) is 49.0 Å². The molecule has 1 N–H and O–H groups in total. The number of anilines is 1. The average Bonchev–Trinajstić information content (AvgIpc) is 2.60. The van der Waals surface area contributed by atoms with Gasteiger partial charge in [0.25, 0.3) is 11.8 Å². The molecule has 26 heavy (non-hydrogen) atoms. The minimum absolute atomic E-state index is 0.0185. The van der Waals surface area contributed by atoms with Gasteiger partial charge in [0, 0.05) is 11.1 Å². The molecule has 0 aromatic heterocycles. The highest BCUT2D eigenvalue weighted by atomic mass is 35.5. The number of hydrogen-bond donors (Lipinski definition) is 1. The Morgan fingerprint density at radius 3 is 2.69 bits per heavy atom. The van der Waals surface area contributed by atoms with E-state index in [0.717, 1.165) is 0 Å². The molecular weight excluding hydrogens is 372 g/mol. The molecule has 0 radical (unpaired) electrons. The third-order valence-corrected chi connectivity index (χ3v) is 4.32. The first-order valence-electron chi connectivity index (χ1n) is 7.90. The van der Waals surface area contributed by atoms with Gasteiger partial charge < -0.3 is 4.74 Å². The SMILES string of the molecule is CCOc1cccc(N2C(=O)/C(=C/c3ccccc3Cl)C(=O)NC2=S)c1. The van der Waals surface area contributed by atoms with E-state index in [9.17, 15) is 9.59 Å². The fourth-order valence-corrected chi connectivity index (χ4v) is 2.99. The molecule has 2 amide bonds. The lowest BCUT2D eigenvalue weighted by molar-refractivity contribution is -0.122. The maximum Gasteiger partial charge on any atom is 0.270 e. The molecule has 3 rings (SSSR count). The summed E-state index contributed by atoms with van der Waals surface area (Å²) in [6, 6.07) is 13.9. The van der Waals surface area contributed by atoms with E-state index < -0.39 is 11.8 Å². The Morgan fingerprint density at radius 1 is 1.19 bits per heavy atom. The molecule has 1 aliphatic heterocycles. The molecule has 1 fully saturated rings. The quantitative estimate of drug-likeness (QED) is 0.496. The van der Waals surface area contributed by atoms with Gasteiger partial charge in [-0.2, -0.15) is 0 Å². The van der Waals surface area contributed by atoms with Crippen LogP contribution in [0.3, 0.4) is 0 Å². The Balaban J connectivity index is 2.01. The van der Waals surface area contributed by atoms with Crippen molar-refractivity contribution in [3.63, 3.8) is 0 Å². The van der Waals surface area contributed by atoms with Gasteiger partial charge in [-0.3, -0.25) is 19.8 Å². The van der Waals surface area contributed by atoms with Gasteiger partial charge in [0.2, 0.25) is 0 Å². The number of nitrogens with zero attached hydrogens (tertiary/aromatic N) is 1. The second-order valence-corrected chi connectivity index (χ2v) is 6.20. The van der Waals surface area contributed by atoms with E-state index in [1.807, 2.05) is 6.92 Å². The van der Waals surface area contributed by atoms with Crippen molar-refractivity contribution >= 4 is 52.5 Å². The van der Waals surface area contributed by atoms with Crippen molar-refractivity contribution in [3.8, 4) is 5.75 Å². The minimum Gasteiger partial charge on any atom is -0.494 e. The molecule has 5 nitrogen and oxygen atoms in total. The predicted molar refractivity (Wildman–Crippen MR) is 105 cm³/mol. The fourth-order valence-electron chi connectivity index (χ4n) is 2.52. The second-order valence-electron chi connectivity index (χ2n) is 5.41. The normalized spacial score (nSPS) is 16.0. The minimum atomic E-state index is -0.558. The Labute approximate surface area is 161 Å². The van der Waals surface area contributed by atoms with E-state index >= 15 is 0 Å². The van der Waals surface area contributed by atoms with Crippen molar-refractivity contribution in [2.45, 2.75) is 6.92 Å². The van der Waals surface area contributed by atoms with Gasteiger partial charge in [0.05, 0.1) is 12.3 Å². The van der Waals surface area contributed by atoms with E-state index in [1.165, 1.54) is 11.0 Å². The largest absolute Gasteiger partial charge is 0.494 e. The molecule has 2 aromatic carbocycles. The van der Waals surface area contributed by atoms with Crippen LogP contribution in [0.4, 0.5) is 5.69 Å². The highest BCUT2D eigenvalue weighted by molar-refractivity contribution is 7.80. The summed E-state index contributed by atoms with van der Waals surface area (Å²) in [5, 5.41) is 3.01. The van der Waals surface area contributed by atoms with Gasteiger partial charge >= 0.3 is 0 Å². The molecule has 1 heterocycles. The Morgan fingerprint density at radius 2 is 1.96 bits per heavy atom. The van der Waals surface area contributed by atoms with E-state index in [4.69, 9.17) is 28.6 Å². The van der Waals surface area contributed by atoms with Crippen molar-refractivity contribution in [2.75, 3.05) is 11.5 Å². The van der Waals surface area contributed by atoms with Crippen molar-refractivity contribution in [1.29, 1.82) is 0 Å². The van der Waals surface area contributed by atoms with Crippen LogP contribution in [0.25, 0.3) is 6.08 Å². The highest BCUT2D eigenvalue weighted by Gasteiger charge is 2.34. The van der Waals surface area contributed by atoms with Crippen LogP contribution in [0.5, 0.6) is 5.75 Å². The lowest BCUT2D eigenvalue weighted by Gasteiger charge is -2.29. The summed E-state index contributed by atoms with van der Waals surface area (Å²) in [5.41, 5.74) is 1.04. The summed E-state index contributed by atoms with van der Waals surface area (Å²) in [5.74, 6) is -0.474. The number of rotatable bonds is 4. The smallest absolute Gasteiger partial charge is 0.270 e. The summed E-state index contributed by atoms with van der Waals surface area (Å²) in [7, 11) is 0. The molecule has 7 heteroatoms. The number of carbonyl (C=O) groups is 2. The molecule has 0 aliphatic carbocycles. The van der Waals surface area contributed by atoms with Crippen molar-refractivity contribution in [2.24, 2.45) is 0 Å². The van der Waals surface area contributed by atoms with Crippen LogP contribution >= 0.6 is 23.8 Å².